The van der Waals surface area contributed by atoms with E-state index in [2.05, 4.69) is 40.5 Å². The van der Waals surface area contributed by atoms with E-state index in [0.717, 1.165) is 46.7 Å². The summed E-state index contributed by atoms with van der Waals surface area (Å²) >= 11 is 0. The average molecular weight is 572 g/mol. The predicted molar refractivity (Wildman–Crippen MR) is 164 cm³/mol. The van der Waals surface area contributed by atoms with Crippen LogP contribution in [0.2, 0.25) is 0 Å². The Kier molecular flexibility index (Phi) is 9.14. The van der Waals surface area contributed by atoms with Crippen molar-refractivity contribution in [3.8, 4) is 22.6 Å². The highest BCUT2D eigenvalue weighted by molar-refractivity contribution is 6.03. The van der Waals surface area contributed by atoms with Gasteiger partial charge in [-0.1, -0.05) is 36.4 Å². The lowest BCUT2D eigenvalue weighted by molar-refractivity contribution is -0.128. The molecule has 0 radical (unpaired) electrons. The number of hydrogen-bond donors (Lipinski definition) is 1. The molecule has 1 fully saturated rings. The summed E-state index contributed by atoms with van der Waals surface area (Å²) in [6.07, 6.45) is 0.101. The second kappa shape index (κ2) is 13.0. The monoisotopic (exact) mass is 571 g/mol. The normalized spacial score (nSPS) is 16.9. The molecule has 3 aromatic carbocycles. The van der Waals surface area contributed by atoms with Crippen molar-refractivity contribution >= 4 is 17.5 Å². The van der Waals surface area contributed by atoms with Crippen LogP contribution in [-0.4, -0.2) is 68.3 Å². The molecule has 42 heavy (non-hydrogen) atoms. The van der Waals surface area contributed by atoms with Crippen LogP contribution in [0.1, 0.15) is 43.5 Å². The van der Waals surface area contributed by atoms with E-state index >= 15 is 0 Å². The summed E-state index contributed by atoms with van der Waals surface area (Å²) in [5.41, 5.74) is 5.89. The molecule has 5 rings (SSSR count). The number of carbonyl (C=O) groups is 2. The van der Waals surface area contributed by atoms with Crippen molar-refractivity contribution in [2.75, 3.05) is 44.4 Å². The fourth-order valence-electron chi connectivity index (χ4n) is 5.46. The highest BCUT2D eigenvalue weighted by atomic mass is 16.5. The average Bonchev–Trinajstić information content (AvgIpc) is 2.98. The Bertz CT molecular complexity index is 1420. The van der Waals surface area contributed by atoms with E-state index in [1.165, 1.54) is 0 Å². The molecule has 0 bridgehead atoms. The molecule has 0 spiro atoms. The van der Waals surface area contributed by atoms with Gasteiger partial charge in [-0.25, -0.2) is 0 Å². The first-order chi connectivity index (χ1) is 20.2. The molecule has 2 amide bonds. The van der Waals surface area contributed by atoms with Gasteiger partial charge in [0.05, 0.1) is 31.0 Å². The van der Waals surface area contributed by atoms with Crippen LogP contribution in [0.15, 0.2) is 60.7 Å². The van der Waals surface area contributed by atoms with Gasteiger partial charge >= 0.3 is 0 Å². The van der Waals surface area contributed by atoms with Crippen LogP contribution in [-0.2, 0) is 14.3 Å². The minimum absolute atomic E-state index is 0.0881. The van der Waals surface area contributed by atoms with Crippen molar-refractivity contribution in [1.29, 1.82) is 0 Å². The molecular weight excluding hydrogens is 530 g/mol. The number of nitrogens with one attached hydrogen (secondary N) is 1. The summed E-state index contributed by atoms with van der Waals surface area (Å²) < 4.78 is 17.1. The maximum absolute atomic E-state index is 13.8. The standard InChI is InChI=1S/C34H41N3O5/c1-22(2)42-29-8-6-7-28(19-29)26-9-11-27(12-10-26)30(20-36-13-15-40-16-14-36)35-34(39)25(5)37-31-17-23(3)24(4)18-32(31)41-21-33(37)38/h6-12,17-19,22,25,30H,13-16,20-21H2,1-5H3,(H,35,39). The van der Waals surface area contributed by atoms with Crippen LogP contribution in [0.4, 0.5) is 5.69 Å². The lowest BCUT2D eigenvalue weighted by Gasteiger charge is -2.35. The van der Waals surface area contributed by atoms with Gasteiger partial charge in [-0.3, -0.25) is 19.4 Å². The van der Waals surface area contributed by atoms with Crippen LogP contribution >= 0.6 is 0 Å². The van der Waals surface area contributed by atoms with Gasteiger partial charge in [0.25, 0.3) is 5.91 Å². The zero-order valence-corrected chi connectivity index (χ0v) is 25.2. The fourth-order valence-corrected chi connectivity index (χ4v) is 5.46. The Morgan fingerprint density at radius 2 is 1.67 bits per heavy atom. The molecule has 2 unspecified atom stereocenters. The number of benzene rings is 3. The van der Waals surface area contributed by atoms with Gasteiger partial charge in [0.2, 0.25) is 5.91 Å². The van der Waals surface area contributed by atoms with Crippen molar-refractivity contribution < 1.29 is 23.8 Å². The first-order valence-corrected chi connectivity index (χ1v) is 14.7. The maximum Gasteiger partial charge on any atom is 0.265 e. The molecule has 1 saturated heterocycles. The third kappa shape index (κ3) is 6.77. The first kappa shape index (κ1) is 29.6. The summed E-state index contributed by atoms with van der Waals surface area (Å²) in [6, 6.07) is 19.3. The number of hydrogen-bond acceptors (Lipinski definition) is 6. The van der Waals surface area contributed by atoms with Gasteiger partial charge in [-0.05, 0) is 86.7 Å². The summed E-state index contributed by atoms with van der Waals surface area (Å²) in [5, 5.41) is 3.27. The van der Waals surface area contributed by atoms with Gasteiger partial charge in [0.1, 0.15) is 17.5 Å². The Labute approximate surface area is 248 Å². The van der Waals surface area contributed by atoms with E-state index in [-0.39, 0.29) is 30.6 Å². The predicted octanol–water partition coefficient (Wildman–Crippen LogP) is 5.06. The molecule has 0 saturated carbocycles. The van der Waals surface area contributed by atoms with Crippen LogP contribution < -0.4 is 19.7 Å². The smallest absolute Gasteiger partial charge is 0.265 e. The van der Waals surface area contributed by atoms with Crippen LogP contribution in [0, 0.1) is 13.8 Å². The number of fused-ring (bicyclic) bond motifs is 1. The molecule has 3 aromatic rings. The lowest BCUT2D eigenvalue weighted by Crippen LogP contribution is -2.53. The van der Waals surface area contributed by atoms with E-state index in [9.17, 15) is 9.59 Å². The molecule has 222 valence electrons. The third-order valence-electron chi connectivity index (χ3n) is 7.93. The number of carbonyl (C=O) groups excluding carboxylic acids is 2. The van der Waals surface area contributed by atoms with E-state index in [1.54, 1.807) is 11.8 Å². The van der Waals surface area contributed by atoms with Crippen molar-refractivity contribution in [3.63, 3.8) is 0 Å². The number of aryl methyl sites for hydroxylation is 2. The molecular formula is C34H41N3O5. The largest absolute Gasteiger partial charge is 0.491 e. The van der Waals surface area contributed by atoms with Gasteiger partial charge in [-0.2, -0.15) is 0 Å². The Balaban J connectivity index is 1.38. The minimum atomic E-state index is -0.711. The molecule has 0 aromatic heterocycles. The summed E-state index contributed by atoms with van der Waals surface area (Å²) in [6.45, 7) is 13.3. The first-order valence-electron chi connectivity index (χ1n) is 14.7. The molecule has 1 N–H and O–H groups in total. The number of amides is 2. The molecule has 2 aliphatic rings. The molecule has 8 nitrogen and oxygen atoms in total. The van der Waals surface area contributed by atoms with Gasteiger partial charge in [-0.15, -0.1) is 0 Å². The Morgan fingerprint density at radius 3 is 2.38 bits per heavy atom. The van der Waals surface area contributed by atoms with Gasteiger partial charge in [0, 0.05) is 19.6 Å². The second-order valence-electron chi connectivity index (χ2n) is 11.4. The van der Waals surface area contributed by atoms with Crippen LogP contribution in [0.5, 0.6) is 11.5 Å². The third-order valence-corrected chi connectivity index (χ3v) is 7.93. The highest BCUT2D eigenvalue weighted by Gasteiger charge is 2.34. The van der Waals surface area contributed by atoms with E-state index < -0.39 is 6.04 Å². The van der Waals surface area contributed by atoms with Crippen LogP contribution in [0.25, 0.3) is 11.1 Å². The topological polar surface area (TPSA) is 80.3 Å². The quantitative estimate of drug-likeness (QED) is 0.387. The fraction of sp³-hybridized carbons (Fsp3) is 0.412. The summed E-state index contributed by atoms with van der Waals surface area (Å²) in [5.74, 6) is 1.02. The molecule has 0 aliphatic carbocycles. The molecule has 2 aliphatic heterocycles. The summed E-state index contributed by atoms with van der Waals surface area (Å²) in [4.78, 5) is 30.7. The number of anilines is 1. The van der Waals surface area contributed by atoms with Crippen molar-refractivity contribution in [1.82, 2.24) is 10.2 Å². The van der Waals surface area contributed by atoms with Crippen molar-refractivity contribution in [2.45, 2.75) is 52.8 Å². The van der Waals surface area contributed by atoms with E-state index in [1.807, 2.05) is 58.0 Å². The maximum atomic E-state index is 13.8. The van der Waals surface area contributed by atoms with Crippen molar-refractivity contribution in [2.24, 2.45) is 0 Å². The van der Waals surface area contributed by atoms with Gasteiger partial charge in [0.15, 0.2) is 6.61 Å². The highest BCUT2D eigenvalue weighted by Crippen LogP contribution is 2.36. The second-order valence-corrected chi connectivity index (χ2v) is 11.4. The Hall–Kier alpha value is -3.88. The number of ether oxygens (including phenoxy) is 3. The molecule has 2 heterocycles. The SMILES string of the molecule is Cc1cc2c(cc1C)N(C(C)C(=O)NC(CN1CCOCC1)c1ccc(-c3cccc(OC(C)C)c3)cc1)C(=O)CO2. The zero-order valence-electron chi connectivity index (χ0n) is 25.2. The Morgan fingerprint density at radius 1 is 0.952 bits per heavy atom. The van der Waals surface area contributed by atoms with E-state index in [0.29, 0.717) is 31.2 Å². The van der Waals surface area contributed by atoms with Crippen molar-refractivity contribution in [3.05, 3.63) is 77.4 Å². The van der Waals surface area contributed by atoms with E-state index in [4.69, 9.17) is 14.2 Å². The summed E-state index contributed by atoms with van der Waals surface area (Å²) in [7, 11) is 0. The zero-order chi connectivity index (χ0) is 29.8. The number of nitrogens with zero attached hydrogens (tertiary/aromatic N) is 2. The lowest BCUT2D eigenvalue weighted by atomic mass is 9.99. The molecule has 8 heteroatoms. The minimum Gasteiger partial charge on any atom is -0.491 e. The number of morpholine rings is 1. The number of rotatable bonds is 9. The van der Waals surface area contributed by atoms with Crippen LogP contribution in [0.3, 0.4) is 0 Å². The molecule has 2 atom stereocenters. The van der Waals surface area contributed by atoms with Gasteiger partial charge < -0.3 is 19.5 Å².